The van der Waals surface area contributed by atoms with E-state index in [0.29, 0.717) is 11.5 Å². The van der Waals surface area contributed by atoms with E-state index < -0.39 is 35.2 Å². The fourth-order valence-corrected chi connectivity index (χ4v) is 5.49. The van der Waals surface area contributed by atoms with Gasteiger partial charge in [-0.15, -0.1) is 0 Å². The van der Waals surface area contributed by atoms with Crippen LogP contribution >= 0.6 is 7.60 Å². The first-order valence-electron chi connectivity index (χ1n) is 9.67. The molecule has 3 aromatic rings. The van der Waals surface area contributed by atoms with Gasteiger partial charge in [0.2, 0.25) is 0 Å². The molecule has 32 heavy (non-hydrogen) atoms. The van der Waals surface area contributed by atoms with E-state index in [1.165, 1.54) is 0 Å². The Hall–Kier alpha value is -2.68. The highest BCUT2D eigenvalue weighted by Crippen LogP contribution is 2.46. The molecule has 170 valence electrons. The summed E-state index contributed by atoms with van der Waals surface area (Å²) in [6.07, 6.45) is -1.47. The van der Waals surface area contributed by atoms with E-state index in [4.69, 9.17) is 9.47 Å². The molecular weight excluding hydrogens is 455 g/mol. The summed E-state index contributed by atoms with van der Waals surface area (Å²) in [4.78, 5) is 16.8. The van der Waals surface area contributed by atoms with Crippen LogP contribution in [0.15, 0.2) is 84.9 Å². The molecular formula is C22H23O8PS. The van der Waals surface area contributed by atoms with Gasteiger partial charge < -0.3 is 19.3 Å². The van der Waals surface area contributed by atoms with E-state index in [1.807, 2.05) is 6.07 Å². The number of rotatable bonds is 10. The molecule has 0 aliphatic heterocycles. The molecule has 0 aromatic heterocycles. The second kappa shape index (κ2) is 10.3. The maximum atomic E-state index is 11.8. The van der Waals surface area contributed by atoms with Crippen LogP contribution in [-0.4, -0.2) is 33.9 Å². The minimum atomic E-state index is -5.18. The zero-order valence-corrected chi connectivity index (χ0v) is 18.6. The van der Waals surface area contributed by atoms with Gasteiger partial charge in [0.1, 0.15) is 11.9 Å². The number of hydrogen-bond donors (Lipinski definition) is 3. The van der Waals surface area contributed by atoms with Crippen LogP contribution in [0.5, 0.6) is 17.2 Å². The molecule has 10 heteroatoms. The number of hydrogen-bond acceptors (Lipinski definition) is 5. The van der Waals surface area contributed by atoms with Gasteiger partial charge in [-0.25, -0.2) is 0 Å². The number of para-hydroxylation sites is 3. The van der Waals surface area contributed by atoms with Crippen molar-refractivity contribution in [1.29, 1.82) is 0 Å². The van der Waals surface area contributed by atoms with Gasteiger partial charge in [0.25, 0.3) is 10.1 Å². The quantitative estimate of drug-likeness (QED) is 0.291. The second-order valence-electron chi connectivity index (χ2n) is 7.09. The van der Waals surface area contributed by atoms with Crippen LogP contribution in [0.4, 0.5) is 0 Å². The van der Waals surface area contributed by atoms with E-state index in [9.17, 15) is 27.3 Å². The lowest BCUT2D eigenvalue weighted by Crippen LogP contribution is -2.31. The molecule has 3 aromatic carbocycles. The van der Waals surface area contributed by atoms with E-state index in [0.717, 1.165) is 5.56 Å². The summed E-state index contributed by atoms with van der Waals surface area (Å²) in [6, 6.07) is 24.5. The normalized spacial score (nSPS) is 13.8. The largest absolute Gasteiger partial charge is 0.486 e. The molecule has 0 spiro atoms. The van der Waals surface area contributed by atoms with Crippen molar-refractivity contribution in [3.63, 3.8) is 0 Å². The summed E-state index contributed by atoms with van der Waals surface area (Å²) in [5.41, 5.74) is 0.763. The smallest absolute Gasteiger partial charge is 0.346 e. The maximum Gasteiger partial charge on any atom is 0.346 e. The second-order valence-corrected chi connectivity index (χ2v) is 10.8. The first-order valence-corrected chi connectivity index (χ1v) is 12.9. The van der Waals surface area contributed by atoms with Crippen molar-refractivity contribution in [1.82, 2.24) is 0 Å². The molecule has 0 amide bonds. The molecule has 2 atom stereocenters. The minimum Gasteiger partial charge on any atom is -0.486 e. The van der Waals surface area contributed by atoms with Crippen LogP contribution in [0, 0.1) is 0 Å². The molecule has 3 rings (SSSR count). The summed E-state index contributed by atoms with van der Waals surface area (Å²) >= 11 is 0. The van der Waals surface area contributed by atoms with Crippen LogP contribution < -0.4 is 9.47 Å². The van der Waals surface area contributed by atoms with Crippen molar-refractivity contribution in [2.75, 3.05) is 0 Å². The van der Waals surface area contributed by atoms with E-state index in [1.54, 1.807) is 78.9 Å². The highest BCUT2D eigenvalue weighted by Gasteiger charge is 2.42. The minimum absolute atomic E-state index is 0.145. The summed E-state index contributed by atoms with van der Waals surface area (Å²) in [5, 5.41) is 0. The third-order valence-corrected chi connectivity index (χ3v) is 8.07. The van der Waals surface area contributed by atoms with Gasteiger partial charge >= 0.3 is 7.60 Å². The fraction of sp³-hybridized carbons (Fsp3) is 0.182. The van der Waals surface area contributed by atoms with Gasteiger partial charge in [0.05, 0.1) is 0 Å². The molecule has 0 saturated heterocycles. The molecule has 0 bridgehead atoms. The number of benzene rings is 3. The van der Waals surface area contributed by atoms with Crippen LogP contribution in [0.2, 0.25) is 0 Å². The maximum absolute atomic E-state index is 11.8. The van der Waals surface area contributed by atoms with Crippen molar-refractivity contribution >= 4 is 17.7 Å². The fourth-order valence-electron chi connectivity index (χ4n) is 3.13. The van der Waals surface area contributed by atoms with Gasteiger partial charge in [0, 0.05) is 12.8 Å². The van der Waals surface area contributed by atoms with Crippen molar-refractivity contribution < 1.29 is 36.8 Å². The van der Waals surface area contributed by atoms with E-state index >= 15 is 0 Å². The van der Waals surface area contributed by atoms with Crippen LogP contribution in [0.1, 0.15) is 12.0 Å². The van der Waals surface area contributed by atoms with Crippen molar-refractivity contribution in [2.24, 2.45) is 0 Å². The van der Waals surface area contributed by atoms with Gasteiger partial charge in [-0.05, 0) is 29.8 Å². The van der Waals surface area contributed by atoms with Crippen LogP contribution in [-0.2, 0) is 21.1 Å². The van der Waals surface area contributed by atoms with E-state index in [-0.39, 0.29) is 12.2 Å². The predicted molar refractivity (Wildman–Crippen MR) is 120 cm³/mol. The Kier molecular flexibility index (Phi) is 7.71. The molecule has 3 N–H and O–H groups in total. The third-order valence-electron chi connectivity index (χ3n) is 4.60. The SMILES string of the molecule is O=P(O)(O)C(CC(Cc1ccccc1)Oc1ccccc1Oc1ccccc1)S(=O)(=O)O. The average Bonchev–Trinajstić information content (AvgIpc) is 2.73. The summed E-state index contributed by atoms with van der Waals surface area (Å²) in [7, 11) is -10.2. The summed E-state index contributed by atoms with van der Waals surface area (Å²) < 4.78 is 56.5. The van der Waals surface area contributed by atoms with Crippen LogP contribution in [0.25, 0.3) is 0 Å². The molecule has 0 heterocycles. The Morgan fingerprint density at radius 1 is 0.812 bits per heavy atom. The molecule has 0 aliphatic carbocycles. The lowest BCUT2D eigenvalue weighted by atomic mass is 10.1. The summed E-state index contributed by atoms with van der Waals surface area (Å²) in [6.45, 7) is 0. The zero-order valence-electron chi connectivity index (χ0n) is 16.9. The predicted octanol–water partition coefficient (Wildman–Crippen LogP) is 4.25. The van der Waals surface area contributed by atoms with Gasteiger partial charge in [0.15, 0.2) is 16.5 Å². The summed E-state index contributed by atoms with van der Waals surface area (Å²) in [5.74, 6) is 1.16. The van der Waals surface area contributed by atoms with Crippen molar-refractivity contribution in [2.45, 2.75) is 23.9 Å². The van der Waals surface area contributed by atoms with Crippen LogP contribution in [0.3, 0.4) is 0 Å². The molecule has 0 aliphatic rings. The first kappa shape index (κ1) is 24.0. The Labute approximate surface area is 186 Å². The topological polar surface area (TPSA) is 130 Å². The Morgan fingerprint density at radius 2 is 1.34 bits per heavy atom. The Morgan fingerprint density at radius 3 is 1.91 bits per heavy atom. The number of ether oxygens (including phenoxy) is 2. The zero-order chi connectivity index (χ0) is 23.2. The lowest BCUT2D eigenvalue weighted by molar-refractivity contribution is 0.184. The lowest BCUT2D eigenvalue weighted by Gasteiger charge is -2.24. The van der Waals surface area contributed by atoms with Gasteiger partial charge in [-0.1, -0.05) is 60.7 Å². The molecule has 0 saturated carbocycles. The van der Waals surface area contributed by atoms with E-state index in [2.05, 4.69) is 0 Å². The van der Waals surface area contributed by atoms with Crippen molar-refractivity contribution in [3.8, 4) is 17.2 Å². The first-order chi connectivity index (χ1) is 15.1. The Bertz CT molecular complexity index is 1160. The Balaban J connectivity index is 1.92. The molecule has 0 radical (unpaired) electrons. The average molecular weight is 478 g/mol. The third kappa shape index (κ3) is 6.91. The van der Waals surface area contributed by atoms with Gasteiger partial charge in [-0.3, -0.25) is 9.12 Å². The van der Waals surface area contributed by atoms with Crippen molar-refractivity contribution in [3.05, 3.63) is 90.5 Å². The highest BCUT2D eigenvalue weighted by atomic mass is 32.2. The standard InChI is InChI=1S/C22H23O8PS/c23-31(24,25)22(32(26,27)28)16-19(15-17-9-3-1-4-10-17)30-21-14-8-7-13-20(21)29-18-11-5-2-6-12-18/h1-14,19,22H,15-16H2,(H2,23,24,25)(H,26,27,28). The van der Waals surface area contributed by atoms with Gasteiger partial charge in [-0.2, -0.15) is 8.42 Å². The molecule has 8 nitrogen and oxygen atoms in total. The monoisotopic (exact) mass is 478 g/mol. The molecule has 0 fully saturated rings. The molecule has 2 unspecified atom stereocenters. The highest BCUT2D eigenvalue weighted by molar-refractivity contribution is 7.93.